The van der Waals surface area contributed by atoms with Gasteiger partial charge in [0.15, 0.2) is 5.76 Å². The normalized spacial score (nSPS) is 11.9. The molecule has 2 aromatic heterocycles. The molecule has 1 N–H and O–H groups in total. The minimum Gasteiger partial charge on any atom is -0.450 e. The number of H-pyrrole nitrogens is 1. The van der Waals surface area contributed by atoms with Crippen molar-refractivity contribution in [3.8, 4) is 11.5 Å². The van der Waals surface area contributed by atoms with Gasteiger partial charge >= 0.3 is 6.18 Å². The number of aromatic amines is 1. The standard InChI is InChI=1S/C8H5F3N2O/c9-8(10,11)7-2-1-6(14-7)5-3-12-4-13-5/h1-4H,(H,12,13). The summed E-state index contributed by atoms with van der Waals surface area (Å²) >= 11 is 0. The van der Waals surface area contributed by atoms with E-state index >= 15 is 0 Å². The fourth-order valence-corrected chi connectivity index (χ4v) is 1.03. The van der Waals surface area contributed by atoms with Crippen molar-refractivity contribution in [1.82, 2.24) is 9.97 Å². The average molecular weight is 202 g/mol. The zero-order chi connectivity index (χ0) is 10.2. The lowest BCUT2D eigenvalue weighted by Crippen LogP contribution is -2.01. The van der Waals surface area contributed by atoms with Crippen LogP contribution in [0.4, 0.5) is 13.2 Å². The van der Waals surface area contributed by atoms with Gasteiger partial charge in [-0.3, -0.25) is 0 Å². The molecule has 0 aromatic carbocycles. The molecule has 0 saturated carbocycles. The van der Waals surface area contributed by atoms with E-state index in [0.717, 1.165) is 6.07 Å². The predicted octanol–water partition coefficient (Wildman–Crippen LogP) is 2.69. The lowest BCUT2D eigenvalue weighted by molar-refractivity contribution is -0.152. The first kappa shape index (κ1) is 8.86. The molecule has 0 aliphatic rings. The van der Waals surface area contributed by atoms with Crippen molar-refractivity contribution >= 4 is 0 Å². The van der Waals surface area contributed by atoms with Gasteiger partial charge < -0.3 is 9.40 Å². The Hall–Kier alpha value is -1.72. The zero-order valence-electron chi connectivity index (χ0n) is 6.80. The van der Waals surface area contributed by atoms with Crippen molar-refractivity contribution in [3.05, 3.63) is 30.4 Å². The van der Waals surface area contributed by atoms with Crippen LogP contribution in [0.5, 0.6) is 0 Å². The minimum absolute atomic E-state index is 0.120. The Kier molecular flexibility index (Phi) is 1.83. The molecule has 0 fully saturated rings. The monoisotopic (exact) mass is 202 g/mol. The first-order chi connectivity index (χ1) is 6.57. The summed E-state index contributed by atoms with van der Waals surface area (Å²) in [5, 5.41) is 0. The van der Waals surface area contributed by atoms with Crippen LogP contribution < -0.4 is 0 Å². The zero-order valence-corrected chi connectivity index (χ0v) is 6.80. The van der Waals surface area contributed by atoms with E-state index in [1.807, 2.05) is 0 Å². The fraction of sp³-hybridized carbons (Fsp3) is 0.125. The molecule has 0 spiro atoms. The molecule has 0 bridgehead atoms. The molecular weight excluding hydrogens is 197 g/mol. The van der Waals surface area contributed by atoms with E-state index in [1.165, 1.54) is 18.6 Å². The lowest BCUT2D eigenvalue weighted by Gasteiger charge is -2.00. The quantitative estimate of drug-likeness (QED) is 0.772. The molecule has 0 amide bonds. The molecule has 0 aliphatic carbocycles. The highest BCUT2D eigenvalue weighted by Crippen LogP contribution is 2.32. The van der Waals surface area contributed by atoms with E-state index in [4.69, 9.17) is 0 Å². The number of rotatable bonds is 1. The maximum atomic E-state index is 12.1. The summed E-state index contributed by atoms with van der Waals surface area (Å²) in [7, 11) is 0. The topological polar surface area (TPSA) is 41.8 Å². The van der Waals surface area contributed by atoms with Crippen molar-refractivity contribution in [3.63, 3.8) is 0 Å². The second kappa shape index (κ2) is 2.90. The largest absolute Gasteiger partial charge is 0.450 e. The van der Waals surface area contributed by atoms with Crippen LogP contribution in [-0.4, -0.2) is 9.97 Å². The number of halogens is 3. The summed E-state index contributed by atoms with van der Waals surface area (Å²) in [4.78, 5) is 6.32. The Bertz CT molecular complexity index is 416. The second-order valence-corrected chi connectivity index (χ2v) is 2.63. The maximum absolute atomic E-state index is 12.1. The third-order valence-electron chi connectivity index (χ3n) is 1.65. The van der Waals surface area contributed by atoms with Crippen molar-refractivity contribution in [2.24, 2.45) is 0 Å². The number of alkyl halides is 3. The molecule has 74 valence electrons. The second-order valence-electron chi connectivity index (χ2n) is 2.63. The van der Waals surface area contributed by atoms with Crippen LogP contribution in [0.1, 0.15) is 5.76 Å². The number of imidazole rings is 1. The van der Waals surface area contributed by atoms with Crippen molar-refractivity contribution in [2.75, 3.05) is 0 Å². The number of hydrogen-bond acceptors (Lipinski definition) is 2. The Morgan fingerprint density at radius 3 is 2.57 bits per heavy atom. The SMILES string of the molecule is FC(F)(F)c1ccc(-c2cnc[nH]2)o1. The number of nitrogens with zero attached hydrogens (tertiary/aromatic N) is 1. The van der Waals surface area contributed by atoms with Crippen LogP contribution in [0.25, 0.3) is 11.5 Å². The number of furan rings is 1. The van der Waals surface area contributed by atoms with Crippen LogP contribution in [0.2, 0.25) is 0 Å². The Balaban J connectivity index is 2.36. The number of nitrogens with one attached hydrogen (secondary N) is 1. The maximum Gasteiger partial charge on any atom is 0.449 e. The summed E-state index contributed by atoms with van der Waals surface area (Å²) < 4.78 is 41.0. The molecule has 2 heterocycles. The van der Waals surface area contributed by atoms with E-state index in [2.05, 4.69) is 14.4 Å². The van der Waals surface area contributed by atoms with Crippen molar-refractivity contribution < 1.29 is 17.6 Å². The summed E-state index contributed by atoms with van der Waals surface area (Å²) in [6.07, 6.45) is -1.69. The van der Waals surface area contributed by atoms with Crippen molar-refractivity contribution in [1.29, 1.82) is 0 Å². The lowest BCUT2D eigenvalue weighted by atomic mass is 10.3. The summed E-state index contributed by atoms with van der Waals surface area (Å²) in [6.45, 7) is 0. The van der Waals surface area contributed by atoms with Gasteiger partial charge in [0.1, 0.15) is 5.69 Å². The van der Waals surface area contributed by atoms with Crippen molar-refractivity contribution in [2.45, 2.75) is 6.18 Å². The molecule has 0 aliphatic heterocycles. The Morgan fingerprint density at radius 1 is 1.29 bits per heavy atom. The van der Waals surface area contributed by atoms with Gasteiger partial charge in [0.25, 0.3) is 0 Å². The fourth-order valence-electron chi connectivity index (χ4n) is 1.03. The molecule has 0 atom stereocenters. The van der Waals surface area contributed by atoms with Gasteiger partial charge in [0, 0.05) is 0 Å². The van der Waals surface area contributed by atoms with Crippen LogP contribution in [0, 0.1) is 0 Å². The Morgan fingerprint density at radius 2 is 2.07 bits per heavy atom. The van der Waals surface area contributed by atoms with Crippen LogP contribution in [0.3, 0.4) is 0 Å². The van der Waals surface area contributed by atoms with Gasteiger partial charge in [-0.25, -0.2) is 4.98 Å². The van der Waals surface area contributed by atoms with Gasteiger partial charge in [-0.1, -0.05) is 0 Å². The molecule has 2 aromatic rings. The molecule has 3 nitrogen and oxygen atoms in total. The highest BCUT2D eigenvalue weighted by molar-refractivity contribution is 5.50. The van der Waals surface area contributed by atoms with Gasteiger partial charge in [-0.05, 0) is 12.1 Å². The van der Waals surface area contributed by atoms with Gasteiger partial charge in [0.2, 0.25) is 5.76 Å². The molecule has 14 heavy (non-hydrogen) atoms. The number of aromatic nitrogens is 2. The molecule has 0 saturated heterocycles. The third kappa shape index (κ3) is 1.50. The van der Waals surface area contributed by atoms with E-state index in [-0.39, 0.29) is 5.76 Å². The third-order valence-corrected chi connectivity index (χ3v) is 1.65. The molecule has 0 radical (unpaired) electrons. The number of hydrogen-bond donors (Lipinski definition) is 1. The van der Waals surface area contributed by atoms with E-state index < -0.39 is 11.9 Å². The first-order valence-corrected chi connectivity index (χ1v) is 3.73. The molecule has 2 rings (SSSR count). The average Bonchev–Trinajstić information content (AvgIpc) is 2.73. The van der Waals surface area contributed by atoms with E-state index in [0.29, 0.717) is 5.69 Å². The summed E-state index contributed by atoms with van der Waals surface area (Å²) in [6, 6.07) is 2.13. The van der Waals surface area contributed by atoms with Gasteiger partial charge in [0.05, 0.1) is 12.5 Å². The minimum atomic E-state index is -4.45. The molecule has 6 heteroatoms. The van der Waals surface area contributed by atoms with E-state index in [9.17, 15) is 13.2 Å². The van der Waals surface area contributed by atoms with E-state index in [1.54, 1.807) is 0 Å². The van der Waals surface area contributed by atoms with Gasteiger partial charge in [-0.2, -0.15) is 13.2 Å². The Labute approximate surface area is 76.6 Å². The summed E-state index contributed by atoms with van der Waals surface area (Å²) in [5.74, 6) is -0.892. The van der Waals surface area contributed by atoms with Crippen LogP contribution in [0.15, 0.2) is 29.1 Å². The van der Waals surface area contributed by atoms with Crippen LogP contribution in [-0.2, 0) is 6.18 Å². The summed E-state index contributed by atoms with van der Waals surface area (Å²) in [5.41, 5.74) is 0.417. The molecular formula is C8H5F3N2O. The molecule has 0 unspecified atom stereocenters. The smallest absolute Gasteiger partial charge is 0.449 e. The first-order valence-electron chi connectivity index (χ1n) is 3.73. The van der Waals surface area contributed by atoms with Gasteiger partial charge in [-0.15, -0.1) is 0 Å². The highest BCUT2D eigenvalue weighted by atomic mass is 19.4. The van der Waals surface area contributed by atoms with Crippen LogP contribution >= 0.6 is 0 Å². The predicted molar refractivity (Wildman–Crippen MR) is 41.3 cm³/mol. The highest BCUT2D eigenvalue weighted by Gasteiger charge is 2.34.